The van der Waals surface area contributed by atoms with E-state index in [1.165, 1.54) is 0 Å². The van der Waals surface area contributed by atoms with E-state index < -0.39 is 32.3 Å². The maximum Gasteiger partial charge on any atom is 0.335 e. The lowest BCUT2D eigenvalue weighted by Gasteiger charge is -2.13. The van der Waals surface area contributed by atoms with Gasteiger partial charge in [0.2, 0.25) is 0 Å². The molecule has 0 aliphatic carbocycles. The normalized spacial score (nSPS) is 13.7. The first kappa shape index (κ1) is 14.8. The number of hydrogen-bond acceptors (Lipinski definition) is 5. The Morgan fingerprint density at radius 3 is 2.07 bits per heavy atom. The summed E-state index contributed by atoms with van der Waals surface area (Å²) in [6.45, 7) is 2.74. The molecule has 0 aliphatic rings. The van der Waals surface area contributed by atoms with Crippen molar-refractivity contribution in [1.29, 1.82) is 0 Å². The Morgan fingerprint density at radius 1 is 1.27 bits per heavy atom. The average molecular weight is 261 g/mol. The van der Waals surface area contributed by atoms with Crippen LogP contribution in [0.25, 0.3) is 0 Å². The topological polar surface area (TPSA) is 101 Å². The predicted octanol–water partition coefficient (Wildman–Crippen LogP) is -0.524. The molecule has 0 aromatic rings. The molecule has 0 fully saturated rings. The predicted molar refractivity (Wildman–Crippen MR) is 54.2 cm³/mol. The number of nitrogens with zero attached hydrogens (tertiary/aromatic N) is 1. The molecule has 1 N–H and O–H groups in total. The Balaban J connectivity index is 4.29. The summed E-state index contributed by atoms with van der Waals surface area (Å²) in [6, 6.07) is 0. The third-order valence-electron chi connectivity index (χ3n) is 1.39. The second-order valence-corrected chi connectivity index (χ2v) is 6.44. The van der Waals surface area contributed by atoms with Crippen LogP contribution in [-0.2, 0) is 24.6 Å². The molecule has 7 nitrogen and oxygen atoms in total. The summed E-state index contributed by atoms with van der Waals surface area (Å²) in [5.41, 5.74) is 0. The second-order valence-electron chi connectivity index (χ2n) is 3.21. The molecule has 0 amide bonds. The fourth-order valence-electron chi connectivity index (χ4n) is 0.697. The molecule has 0 unspecified atom stereocenters. The molecule has 0 aliphatic heterocycles. The first-order valence-corrected chi connectivity index (χ1v) is 7.12. The second kappa shape index (κ2) is 5.21. The molecule has 0 radical (unpaired) electrons. The molecule has 0 saturated carbocycles. The monoisotopic (exact) mass is 261 g/mol. The fourth-order valence-corrected chi connectivity index (χ4v) is 2.31. The van der Waals surface area contributed by atoms with Crippen molar-refractivity contribution in [2.24, 2.45) is 0 Å². The van der Waals surface area contributed by atoms with Gasteiger partial charge in [0.25, 0.3) is 10.1 Å². The van der Waals surface area contributed by atoms with Crippen molar-refractivity contribution >= 4 is 20.4 Å². The van der Waals surface area contributed by atoms with E-state index in [0.29, 0.717) is 4.31 Å². The summed E-state index contributed by atoms with van der Waals surface area (Å²) in [4.78, 5) is 0. The van der Waals surface area contributed by atoms with Crippen LogP contribution in [-0.4, -0.2) is 51.1 Å². The van der Waals surface area contributed by atoms with Crippen LogP contribution in [0.3, 0.4) is 0 Å². The minimum absolute atomic E-state index is 0.353. The summed E-state index contributed by atoms with van der Waals surface area (Å²) in [7, 11) is -7.02. The van der Waals surface area contributed by atoms with Gasteiger partial charge < -0.3 is 0 Å². The molecule has 0 rings (SSSR count). The smallest absolute Gasteiger partial charge is 0.273 e. The molecule has 0 atom stereocenters. The maximum absolute atomic E-state index is 11.1. The van der Waals surface area contributed by atoms with E-state index in [1.54, 1.807) is 13.8 Å². The van der Waals surface area contributed by atoms with Gasteiger partial charge in [0, 0.05) is 13.6 Å². The zero-order valence-electron chi connectivity index (χ0n) is 8.74. The Morgan fingerprint density at radius 2 is 1.73 bits per heavy atom. The number of rotatable bonds is 6. The van der Waals surface area contributed by atoms with Gasteiger partial charge in [-0.15, -0.1) is 0 Å². The van der Waals surface area contributed by atoms with Gasteiger partial charge in [0.05, 0.1) is 11.9 Å². The summed E-state index contributed by atoms with van der Waals surface area (Å²) < 4.78 is 56.9. The lowest BCUT2D eigenvalue weighted by atomic mass is 10.5. The van der Waals surface area contributed by atoms with Crippen molar-refractivity contribution in [1.82, 2.24) is 4.31 Å². The van der Waals surface area contributed by atoms with E-state index in [0.717, 1.165) is 7.05 Å². The summed E-state index contributed by atoms with van der Waals surface area (Å²) >= 11 is 0. The minimum Gasteiger partial charge on any atom is -0.273 e. The highest BCUT2D eigenvalue weighted by atomic mass is 32.2. The van der Waals surface area contributed by atoms with Gasteiger partial charge in [-0.1, -0.05) is 0 Å². The lowest BCUT2D eigenvalue weighted by Crippen LogP contribution is -2.32. The van der Waals surface area contributed by atoms with Gasteiger partial charge in [-0.2, -0.15) is 21.1 Å². The van der Waals surface area contributed by atoms with Crippen molar-refractivity contribution in [3.63, 3.8) is 0 Å². The highest BCUT2D eigenvalue weighted by Gasteiger charge is 2.19. The van der Waals surface area contributed by atoms with E-state index in [2.05, 4.69) is 4.18 Å². The molecule has 15 heavy (non-hydrogen) atoms. The fraction of sp³-hybridized carbons (Fsp3) is 1.00. The van der Waals surface area contributed by atoms with E-state index in [1.807, 2.05) is 0 Å². The lowest BCUT2D eigenvalue weighted by molar-refractivity contribution is 0.248. The first-order chi connectivity index (χ1) is 6.54. The molecule has 9 heteroatoms. The largest absolute Gasteiger partial charge is 0.335 e. The van der Waals surface area contributed by atoms with Crippen LogP contribution in [0.2, 0.25) is 0 Å². The Hall–Kier alpha value is -0.220. The first-order valence-electron chi connectivity index (χ1n) is 4.14. The maximum atomic E-state index is 11.1. The Kier molecular flexibility index (Phi) is 5.14. The van der Waals surface area contributed by atoms with Crippen LogP contribution in [0.4, 0.5) is 0 Å². The molecule has 0 spiro atoms. The molecule has 92 valence electrons. The van der Waals surface area contributed by atoms with Gasteiger partial charge in [0.1, 0.15) is 0 Å². The zero-order chi connectivity index (χ0) is 12.3. The Bertz CT molecular complexity index is 384. The molecule has 0 bridgehead atoms. The molecule has 0 aromatic carbocycles. The molecule has 0 saturated heterocycles. The average Bonchev–Trinajstić information content (AvgIpc) is 1.95. The van der Waals surface area contributed by atoms with Crippen molar-refractivity contribution in [2.75, 3.05) is 19.3 Å². The van der Waals surface area contributed by atoms with E-state index in [9.17, 15) is 16.8 Å². The SMILES string of the molecule is CC(C)OS(=O)(=O)CCN(C)S(=O)(=O)O. The van der Waals surface area contributed by atoms with Crippen LogP contribution in [0.5, 0.6) is 0 Å². The molecular formula is C6H15NO6S2. The van der Waals surface area contributed by atoms with Crippen molar-refractivity contribution in [3.8, 4) is 0 Å². The van der Waals surface area contributed by atoms with Crippen LogP contribution in [0.1, 0.15) is 13.8 Å². The third-order valence-corrected chi connectivity index (χ3v) is 3.72. The highest BCUT2D eigenvalue weighted by Crippen LogP contribution is 2.01. The van der Waals surface area contributed by atoms with E-state index >= 15 is 0 Å². The van der Waals surface area contributed by atoms with Crippen LogP contribution in [0.15, 0.2) is 0 Å². The van der Waals surface area contributed by atoms with Gasteiger partial charge >= 0.3 is 10.3 Å². The Labute approximate surface area is 90.0 Å². The quantitative estimate of drug-likeness (QED) is 0.510. The molecular weight excluding hydrogens is 246 g/mol. The van der Waals surface area contributed by atoms with Crippen LogP contribution >= 0.6 is 0 Å². The highest BCUT2D eigenvalue weighted by molar-refractivity contribution is 7.86. The van der Waals surface area contributed by atoms with Crippen molar-refractivity contribution in [3.05, 3.63) is 0 Å². The standard InChI is InChI=1S/C6H15NO6S2/c1-6(2)13-14(8,9)5-4-7(3)15(10,11)12/h6H,4-5H2,1-3H3,(H,10,11,12). The van der Waals surface area contributed by atoms with E-state index in [4.69, 9.17) is 4.55 Å². The summed E-state index contributed by atoms with van der Waals surface area (Å²) in [6.07, 6.45) is -0.494. The zero-order valence-corrected chi connectivity index (χ0v) is 10.4. The van der Waals surface area contributed by atoms with Gasteiger partial charge in [0.15, 0.2) is 0 Å². The summed E-state index contributed by atoms with van der Waals surface area (Å²) in [5.74, 6) is -0.499. The van der Waals surface area contributed by atoms with E-state index in [-0.39, 0.29) is 6.54 Å². The summed E-state index contributed by atoms with van der Waals surface area (Å²) in [5, 5.41) is 0. The van der Waals surface area contributed by atoms with Gasteiger partial charge in [-0.05, 0) is 13.8 Å². The van der Waals surface area contributed by atoms with Gasteiger partial charge in [-0.25, -0.2) is 0 Å². The van der Waals surface area contributed by atoms with Gasteiger partial charge in [-0.3, -0.25) is 8.74 Å². The van der Waals surface area contributed by atoms with Crippen LogP contribution < -0.4 is 0 Å². The van der Waals surface area contributed by atoms with Crippen molar-refractivity contribution in [2.45, 2.75) is 20.0 Å². The number of hydrogen-bond donors (Lipinski definition) is 1. The molecule has 0 heterocycles. The molecule has 0 aromatic heterocycles. The third kappa shape index (κ3) is 6.79. The van der Waals surface area contributed by atoms with Crippen molar-refractivity contribution < 1.29 is 25.6 Å². The van der Waals surface area contributed by atoms with Crippen LogP contribution in [0, 0.1) is 0 Å². The minimum atomic E-state index is -4.34.